The quantitative estimate of drug-likeness (QED) is 0.771. The van der Waals surface area contributed by atoms with Crippen LogP contribution < -0.4 is 5.32 Å². The van der Waals surface area contributed by atoms with Crippen molar-refractivity contribution in [1.82, 2.24) is 5.32 Å². The zero-order valence-electron chi connectivity index (χ0n) is 13.4. The second-order valence-electron chi connectivity index (χ2n) is 8.45. The highest BCUT2D eigenvalue weighted by Gasteiger charge is 2.59. The summed E-state index contributed by atoms with van der Waals surface area (Å²) in [6.45, 7) is 7.52. The molecule has 21 heavy (non-hydrogen) atoms. The smallest absolute Gasteiger partial charge is 0.0329 e. The van der Waals surface area contributed by atoms with Crippen molar-refractivity contribution in [2.45, 2.75) is 65.0 Å². The topological polar surface area (TPSA) is 12.0 Å². The first kappa shape index (κ1) is 14.3. The fourth-order valence-electron chi connectivity index (χ4n) is 5.68. The molecule has 1 aromatic rings. The molecule has 0 saturated heterocycles. The summed E-state index contributed by atoms with van der Waals surface area (Å²) in [5, 5.41) is 4.10. The summed E-state index contributed by atoms with van der Waals surface area (Å²) in [6.07, 6.45) is 6.77. The Morgan fingerprint density at radius 3 is 2.71 bits per heavy atom. The van der Waals surface area contributed by atoms with Crippen molar-refractivity contribution in [3.8, 4) is 0 Å². The summed E-state index contributed by atoms with van der Waals surface area (Å²) in [7, 11) is 0. The lowest BCUT2D eigenvalue weighted by molar-refractivity contribution is 0.0983. The number of benzene rings is 1. The van der Waals surface area contributed by atoms with Crippen molar-refractivity contribution in [1.29, 1.82) is 0 Å². The lowest BCUT2D eigenvalue weighted by Crippen LogP contribution is -2.51. The molecule has 0 spiro atoms. The van der Waals surface area contributed by atoms with Crippen LogP contribution in [0.1, 0.15) is 63.6 Å². The summed E-state index contributed by atoms with van der Waals surface area (Å²) in [5.41, 5.74) is 4.05. The number of hydrogen-bond acceptors (Lipinski definition) is 1. The third-order valence-electron chi connectivity index (χ3n) is 6.82. The second kappa shape index (κ2) is 4.58. The third-order valence-corrected chi connectivity index (χ3v) is 7.31. The Kier molecular flexibility index (Phi) is 3.11. The van der Waals surface area contributed by atoms with Crippen LogP contribution >= 0.6 is 15.9 Å². The summed E-state index contributed by atoms with van der Waals surface area (Å²) in [5.74, 6) is 0.922. The number of rotatable bonds is 2. The third kappa shape index (κ3) is 2.05. The first-order valence-electron chi connectivity index (χ1n) is 8.44. The number of halogens is 1. The molecule has 0 amide bonds. The zero-order valence-corrected chi connectivity index (χ0v) is 15.0. The molecule has 3 aliphatic carbocycles. The SMILES string of the molecule is CC12CCC(C1)C(C)(C)C2NC1CCc2cc(Br)ccc21. The van der Waals surface area contributed by atoms with Gasteiger partial charge in [-0.1, -0.05) is 42.8 Å². The van der Waals surface area contributed by atoms with Crippen molar-refractivity contribution in [2.75, 3.05) is 0 Å². The molecule has 2 bridgehead atoms. The molecule has 4 rings (SSSR count). The molecule has 2 heteroatoms. The van der Waals surface area contributed by atoms with Gasteiger partial charge in [0.2, 0.25) is 0 Å². The Bertz CT molecular complexity index is 574. The van der Waals surface area contributed by atoms with Gasteiger partial charge in [-0.25, -0.2) is 0 Å². The molecule has 4 unspecified atom stereocenters. The molecule has 0 heterocycles. The van der Waals surface area contributed by atoms with E-state index in [1.165, 1.54) is 42.1 Å². The van der Waals surface area contributed by atoms with Crippen molar-refractivity contribution in [2.24, 2.45) is 16.7 Å². The van der Waals surface area contributed by atoms with E-state index in [0.717, 1.165) is 5.92 Å². The minimum absolute atomic E-state index is 0.450. The standard InChI is InChI=1S/C19H26BrN/c1-18(2)13-8-9-19(3,11-13)17(18)21-16-7-4-12-10-14(20)5-6-15(12)16/h5-6,10,13,16-17,21H,4,7-9,11H2,1-3H3. The van der Waals surface area contributed by atoms with Gasteiger partial charge in [-0.3, -0.25) is 0 Å². The molecule has 0 aromatic heterocycles. The molecule has 1 N–H and O–H groups in total. The number of nitrogens with one attached hydrogen (secondary N) is 1. The Labute approximate surface area is 137 Å². The van der Waals surface area contributed by atoms with Gasteiger partial charge in [0.1, 0.15) is 0 Å². The monoisotopic (exact) mass is 347 g/mol. The van der Waals surface area contributed by atoms with E-state index in [9.17, 15) is 0 Å². The number of aryl methyl sites for hydroxylation is 1. The predicted molar refractivity (Wildman–Crippen MR) is 91.4 cm³/mol. The van der Waals surface area contributed by atoms with E-state index in [0.29, 0.717) is 22.9 Å². The van der Waals surface area contributed by atoms with Gasteiger partial charge in [0.05, 0.1) is 0 Å². The highest BCUT2D eigenvalue weighted by atomic mass is 79.9. The molecule has 2 saturated carbocycles. The van der Waals surface area contributed by atoms with Gasteiger partial charge in [0.15, 0.2) is 0 Å². The van der Waals surface area contributed by atoms with E-state index in [1.807, 2.05) is 0 Å². The Morgan fingerprint density at radius 2 is 2.00 bits per heavy atom. The fourth-order valence-corrected chi connectivity index (χ4v) is 6.09. The van der Waals surface area contributed by atoms with Crippen LogP contribution in [0.3, 0.4) is 0 Å². The molecule has 2 fully saturated rings. The molecule has 4 atom stereocenters. The Balaban J connectivity index is 1.61. The molecule has 0 aliphatic heterocycles. The zero-order chi connectivity index (χ0) is 14.8. The van der Waals surface area contributed by atoms with Gasteiger partial charge in [-0.05, 0) is 72.1 Å². The highest BCUT2D eigenvalue weighted by Crippen LogP contribution is 2.62. The average molecular weight is 348 g/mol. The maximum Gasteiger partial charge on any atom is 0.0329 e. The molecule has 1 nitrogen and oxygen atoms in total. The van der Waals surface area contributed by atoms with E-state index in [4.69, 9.17) is 0 Å². The predicted octanol–water partition coefficient (Wildman–Crippen LogP) is 5.24. The molecule has 0 radical (unpaired) electrons. The van der Waals surface area contributed by atoms with Gasteiger partial charge in [-0.2, -0.15) is 0 Å². The van der Waals surface area contributed by atoms with E-state index in [2.05, 4.69) is 60.2 Å². The molecular weight excluding hydrogens is 322 g/mol. The summed E-state index contributed by atoms with van der Waals surface area (Å²) in [4.78, 5) is 0. The number of fused-ring (bicyclic) bond motifs is 3. The van der Waals surface area contributed by atoms with Gasteiger partial charge in [-0.15, -0.1) is 0 Å². The fraction of sp³-hybridized carbons (Fsp3) is 0.684. The number of hydrogen-bond donors (Lipinski definition) is 1. The van der Waals surface area contributed by atoms with Crippen molar-refractivity contribution < 1.29 is 0 Å². The Morgan fingerprint density at radius 1 is 1.19 bits per heavy atom. The van der Waals surface area contributed by atoms with Crippen LogP contribution in [-0.2, 0) is 6.42 Å². The van der Waals surface area contributed by atoms with Gasteiger partial charge in [0.25, 0.3) is 0 Å². The molecule has 3 aliphatic rings. The lowest BCUT2D eigenvalue weighted by atomic mass is 9.68. The van der Waals surface area contributed by atoms with E-state index >= 15 is 0 Å². The van der Waals surface area contributed by atoms with Crippen LogP contribution in [-0.4, -0.2) is 6.04 Å². The molecule has 114 valence electrons. The second-order valence-corrected chi connectivity index (χ2v) is 9.36. The minimum Gasteiger partial charge on any atom is -0.306 e. The maximum absolute atomic E-state index is 4.10. The van der Waals surface area contributed by atoms with Crippen LogP contribution in [0, 0.1) is 16.7 Å². The van der Waals surface area contributed by atoms with Crippen molar-refractivity contribution >= 4 is 15.9 Å². The van der Waals surface area contributed by atoms with Crippen LogP contribution in [0.25, 0.3) is 0 Å². The molecule has 1 aromatic carbocycles. The van der Waals surface area contributed by atoms with Crippen LogP contribution in [0.2, 0.25) is 0 Å². The minimum atomic E-state index is 0.450. The van der Waals surface area contributed by atoms with Crippen LogP contribution in [0.5, 0.6) is 0 Å². The van der Waals surface area contributed by atoms with Crippen molar-refractivity contribution in [3.63, 3.8) is 0 Å². The van der Waals surface area contributed by atoms with Gasteiger partial charge >= 0.3 is 0 Å². The van der Waals surface area contributed by atoms with Crippen molar-refractivity contribution in [3.05, 3.63) is 33.8 Å². The van der Waals surface area contributed by atoms with E-state index in [1.54, 1.807) is 5.56 Å². The van der Waals surface area contributed by atoms with Crippen LogP contribution in [0.15, 0.2) is 22.7 Å². The van der Waals surface area contributed by atoms with Crippen LogP contribution in [0.4, 0.5) is 0 Å². The Hall–Kier alpha value is -0.340. The first-order valence-corrected chi connectivity index (χ1v) is 9.24. The largest absolute Gasteiger partial charge is 0.306 e. The maximum atomic E-state index is 4.10. The molecular formula is C19H26BrN. The van der Waals surface area contributed by atoms with E-state index in [-0.39, 0.29) is 0 Å². The van der Waals surface area contributed by atoms with Gasteiger partial charge in [0, 0.05) is 16.6 Å². The highest BCUT2D eigenvalue weighted by molar-refractivity contribution is 9.10. The average Bonchev–Trinajstić information content (AvgIpc) is 3.04. The lowest BCUT2D eigenvalue weighted by Gasteiger charge is -2.44. The van der Waals surface area contributed by atoms with E-state index < -0.39 is 0 Å². The summed E-state index contributed by atoms with van der Waals surface area (Å²) >= 11 is 3.61. The first-order chi connectivity index (χ1) is 9.90. The van der Waals surface area contributed by atoms with Gasteiger partial charge < -0.3 is 5.32 Å². The normalized spacial score (nSPS) is 39.7. The summed E-state index contributed by atoms with van der Waals surface area (Å²) < 4.78 is 1.22. The summed E-state index contributed by atoms with van der Waals surface area (Å²) in [6, 6.07) is 8.07.